The van der Waals surface area contributed by atoms with Crippen molar-refractivity contribution < 1.29 is 19.0 Å². The van der Waals surface area contributed by atoms with Crippen molar-refractivity contribution in [2.24, 2.45) is 5.10 Å². The Hall–Kier alpha value is -2.84. The maximum absolute atomic E-state index is 12.0. The van der Waals surface area contributed by atoms with Crippen LogP contribution in [0.1, 0.15) is 16.7 Å². The van der Waals surface area contributed by atoms with E-state index in [0.717, 1.165) is 25.6 Å². The van der Waals surface area contributed by atoms with Crippen LogP contribution in [0.25, 0.3) is 0 Å². The summed E-state index contributed by atoms with van der Waals surface area (Å²) in [5, 5.41) is 4.00. The average molecular weight is 562 g/mol. The maximum atomic E-state index is 12.0. The Balaban J connectivity index is 1.57. The van der Waals surface area contributed by atoms with Crippen molar-refractivity contribution in [3.8, 4) is 17.2 Å². The van der Waals surface area contributed by atoms with Gasteiger partial charge in [0.25, 0.3) is 5.91 Å². The normalized spacial score (nSPS) is 10.8. The fourth-order valence-electron chi connectivity index (χ4n) is 2.75. The summed E-state index contributed by atoms with van der Waals surface area (Å²) in [5.74, 6) is 1.40. The number of carbonyl (C=O) groups is 1. The first-order valence-electron chi connectivity index (χ1n) is 9.71. The van der Waals surface area contributed by atoms with E-state index in [9.17, 15) is 4.79 Å². The van der Waals surface area contributed by atoms with Gasteiger partial charge < -0.3 is 14.2 Å². The van der Waals surface area contributed by atoms with Crippen molar-refractivity contribution >= 4 is 44.0 Å². The van der Waals surface area contributed by atoms with Crippen molar-refractivity contribution in [3.05, 3.63) is 86.3 Å². The second kappa shape index (κ2) is 11.7. The predicted molar refractivity (Wildman–Crippen MR) is 132 cm³/mol. The Labute approximate surface area is 203 Å². The number of benzene rings is 3. The van der Waals surface area contributed by atoms with Crippen LogP contribution in [0.4, 0.5) is 0 Å². The molecule has 1 amide bonds. The molecule has 0 bridgehead atoms. The third-order valence-electron chi connectivity index (χ3n) is 4.38. The minimum Gasteiger partial charge on any atom is -0.493 e. The van der Waals surface area contributed by atoms with Gasteiger partial charge in [-0.25, -0.2) is 5.43 Å². The third kappa shape index (κ3) is 6.83. The summed E-state index contributed by atoms with van der Waals surface area (Å²) in [5.41, 5.74) is 5.26. The molecule has 3 aromatic carbocycles. The number of hydrogen-bond donors (Lipinski definition) is 1. The van der Waals surface area contributed by atoms with Gasteiger partial charge in [-0.05, 0) is 69.9 Å². The second-order valence-electron chi connectivity index (χ2n) is 6.80. The summed E-state index contributed by atoms with van der Waals surface area (Å²) in [6.45, 7) is 2.22. The molecule has 0 unspecified atom stereocenters. The third-order valence-corrected chi connectivity index (χ3v) is 5.86. The van der Waals surface area contributed by atoms with Gasteiger partial charge in [-0.15, -0.1) is 0 Å². The lowest BCUT2D eigenvalue weighted by Crippen LogP contribution is -2.24. The average Bonchev–Trinajstić information content (AvgIpc) is 2.79. The molecule has 3 rings (SSSR count). The Morgan fingerprint density at radius 2 is 1.81 bits per heavy atom. The molecule has 0 aliphatic rings. The van der Waals surface area contributed by atoms with E-state index in [1.165, 1.54) is 6.21 Å². The zero-order valence-electron chi connectivity index (χ0n) is 17.6. The molecule has 0 spiro atoms. The van der Waals surface area contributed by atoms with Gasteiger partial charge in [0.2, 0.25) is 0 Å². The van der Waals surface area contributed by atoms with E-state index in [4.69, 9.17) is 14.2 Å². The summed E-state index contributed by atoms with van der Waals surface area (Å²) >= 11 is 6.95. The number of carbonyl (C=O) groups excluding carboxylic acids is 1. The van der Waals surface area contributed by atoms with Crippen LogP contribution in [0, 0.1) is 6.92 Å². The Morgan fingerprint density at radius 1 is 1.03 bits per heavy atom. The van der Waals surface area contributed by atoms with Crippen molar-refractivity contribution in [3.63, 3.8) is 0 Å². The zero-order chi connectivity index (χ0) is 22.9. The summed E-state index contributed by atoms with van der Waals surface area (Å²) in [4.78, 5) is 12.0. The molecule has 3 aromatic rings. The maximum Gasteiger partial charge on any atom is 0.277 e. The first-order valence-corrected chi connectivity index (χ1v) is 11.3. The van der Waals surface area contributed by atoms with Gasteiger partial charge in [0.1, 0.15) is 12.4 Å². The number of methoxy groups -OCH3 is 1. The number of rotatable bonds is 9. The second-order valence-corrected chi connectivity index (χ2v) is 8.51. The number of amides is 1. The number of ether oxygens (including phenoxy) is 3. The first kappa shape index (κ1) is 23.8. The highest BCUT2D eigenvalue weighted by molar-refractivity contribution is 9.10. The van der Waals surface area contributed by atoms with Crippen molar-refractivity contribution in [2.45, 2.75) is 13.5 Å². The molecular weight excluding hydrogens is 540 g/mol. The highest BCUT2D eigenvalue weighted by Crippen LogP contribution is 2.36. The Bertz CT molecular complexity index is 1100. The number of halogens is 2. The minimum absolute atomic E-state index is 0.141. The number of nitrogens with zero attached hydrogens (tertiary/aromatic N) is 1. The van der Waals surface area contributed by atoms with Gasteiger partial charge in [0, 0.05) is 4.47 Å². The Kier molecular flexibility index (Phi) is 8.70. The molecule has 8 heteroatoms. The number of aryl methyl sites for hydroxylation is 1. The monoisotopic (exact) mass is 560 g/mol. The van der Waals surface area contributed by atoms with Gasteiger partial charge in [-0.1, -0.05) is 46.3 Å². The summed E-state index contributed by atoms with van der Waals surface area (Å²) in [6.07, 6.45) is 1.52. The fraction of sp³-hybridized carbons (Fsp3) is 0.167. The molecule has 0 aliphatic carbocycles. The molecule has 1 N–H and O–H groups in total. The van der Waals surface area contributed by atoms with Crippen molar-refractivity contribution in [1.82, 2.24) is 5.43 Å². The molecule has 0 heterocycles. The molecular formula is C24H22Br2N2O4. The molecule has 32 heavy (non-hydrogen) atoms. The molecule has 166 valence electrons. The standard InChI is InChI=1S/C24H22Br2N2O4/c1-16-10-19(8-9-20(16)25)31-15-23(29)28-27-13-18-11-21(26)24(22(12-18)30-2)32-14-17-6-4-3-5-7-17/h3-13H,14-15H2,1-2H3,(H,28,29)/b27-13+. The Morgan fingerprint density at radius 3 is 2.53 bits per heavy atom. The highest BCUT2D eigenvalue weighted by atomic mass is 79.9. The van der Waals surface area contributed by atoms with E-state index in [1.807, 2.05) is 55.5 Å². The topological polar surface area (TPSA) is 69.2 Å². The van der Waals surface area contributed by atoms with Crippen LogP contribution in [0.15, 0.2) is 74.7 Å². The summed E-state index contributed by atoms with van der Waals surface area (Å²) < 4.78 is 18.6. The lowest BCUT2D eigenvalue weighted by Gasteiger charge is -2.13. The number of nitrogens with one attached hydrogen (secondary N) is 1. The molecule has 6 nitrogen and oxygen atoms in total. The van der Waals surface area contributed by atoms with E-state index in [1.54, 1.807) is 19.2 Å². The SMILES string of the molecule is COc1cc(/C=N/NC(=O)COc2ccc(Br)c(C)c2)cc(Br)c1OCc1ccccc1. The van der Waals surface area contributed by atoms with Crippen molar-refractivity contribution in [2.75, 3.05) is 13.7 Å². The van der Waals surface area contributed by atoms with E-state index < -0.39 is 0 Å². The van der Waals surface area contributed by atoms with Crippen molar-refractivity contribution in [1.29, 1.82) is 0 Å². The molecule has 0 saturated heterocycles. The highest BCUT2D eigenvalue weighted by Gasteiger charge is 2.12. The molecule has 0 aromatic heterocycles. The van der Waals surface area contributed by atoms with Gasteiger partial charge in [0.05, 0.1) is 17.8 Å². The van der Waals surface area contributed by atoms with Crippen LogP contribution >= 0.6 is 31.9 Å². The van der Waals surface area contributed by atoms with Gasteiger partial charge in [0.15, 0.2) is 18.1 Å². The summed E-state index contributed by atoms with van der Waals surface area (Å²) in [6, 6.07) is 19.0. The van der Waals surface area contributed by atoms with Crippen LogP contribution in [-0.4, -0.2) is 25.8 Å². The lowest BCUT2D eigenvalue weighted by molar-refractivity contribution is -0.123. The molecule has 0 saturated carbocycles. The van der Waals surface area contributed by atoms with Crippen LogP contribution < -0.4 is 19.6 Å². The molecule has 0 fully saturated rings. The zero-order valence-corrected chi connectivity index (χ0v) is 20.8. The molecule has 0 atom stereocenters. The molecule has 0 radical (unpaired) electrons. The van der Waals surface area contributed by atoms with E-state index in [-0.39, 0.29) is 12.5 Å². The van der Waals surface area contributed by atoms with Gasteiger partial charge in [-0.2, -0.15) is 5.10 Å². The number of hydrazone groups is 1. The predicted octanol–water partition coefficient (Wildman–Crippen LogP) is 5.64. The quantitative estimate of drug-likeness (QED) is 0.271. The van der Waals surface area contributed by atoms with Gasteiger partial charge >= 0.3 is 0 Å². The molecule has 0 aliphatic heterocycles. The summed E-state index contributed by atoms with van der Waals surface area (Å²) in [7, 11) is 1.57. The lowest BCUT2D eigenvalue weighted by atomic mass is 10.2. The van der Waals surface area contributed by atoms with Crippen LogP contribution in [0.2, 0.25) is 0 Å². The smallest absolute Gasteiger partial charge is 0.277 e. The van der Waals surface area contributed by atoms with E-state index >= 15 is 0 Å². The fourth-order valence-corrected chi connectivity index (χ4v) is 3.57. The van der Waals surface area contributed by atoms with E-state index in [2.05, 4.69) is 42.4 Å². The van der Waals surface area contributed by atoms with Gasteiger partial charge in [-0.3, -0.25) is 4.79 Å². The van der Waals surface area contributed by atoms with Crippen LogP contribution in [-0.2, 0) is 11.4 Å². The minimum atomic E-state index is -0.365. The van der Waals surface area contributed by atoms with Crippen LogP contribution in [0.3, 0.4) is 0 Å². The largest absolute Gasteiger partial charge is 0.493 e. The number of hydrogen-bond acceptors (Lipinski definition) is 5. The van der Waals surface area contributed by atoms with Crippen LogP contribution in [0.5, 0.6) is 17.2 Å². The first-order chi connectivity index (χ1) is 15.5. The van der Waals surface area contributed by atoms with E-state index in [0.29, 0.717) is 23.9 Å².